The minimum atomic E-state index is -3.84. The lowest BCUT2D eigenvalue weighted by Gasteiger charge is -2.17. The Hall–Kier alpha value is -2.38. The number of ether oxygens (including phenoxy) is 1. The number of hydrogen-bond acceptors (Lipinski definition) is 4. The van der Waals surface area contributed by atoms with Crippen molar-refractivity contribution >= 4 is 21.6 Å². The second-order valence-corrected chi connectivity index (χ2v) is 6.98. The molecule has 1 atom stereocenters. The molecule has 7 heteroatoms. The first-order valence-electron chi connectivity index (χ1n) is 7.36. The fourth-order valence-corrected chi connectivity index (χ4v) is 3.70. The highest BCUT2D eigenvalue weighted by molar-refractivity contribution is 7.89. The zero-order chi connectivity index (χ0) is 17.7. The van der Waals surface area contributed by atoms with Gasteiger partial charge in [0.05, 0.1) is 7.11 Å². The van der Waals surface area contributed by atoms with Gasteiger partial charge in [0.25, 0.3) is 0 Å². The van der Waals surface area contributed by atoms with Gasteiger partial charge in [-0.15, -0.1) is 0 Å². The molecule has 0 aliphatic carbocycles. The lowest BCUT2D eigenvalue weighted by molar-refractivity contribution is -0.114. The summed E-state index contributed by atoms with van der Waals surface area (Å²) in [5.41, 5.74) is 1.23. The average molecular weight is 348 g/mol. The standard InChI is InChI=1S/C17H20N2O4S/c1-12(14-7-5-4-6-8-14)19-24(21,22)17-11-15(18-13(2)20)9-10-16(17)23-3/h4-12,19H,1-3H3,(H,18,20)/t12-/m0/s1. The smallest absolute Gasteiger partial charge is 0.244 e. The van der Waals surface area contributed by atoms with E-state index in [9.17, 15) is 13.2 Å². The van der Waals surface area contributed by atoms with Crippen molar-refractivity contribution in [1.82, 2.24) is 4.72 Å². The van der Waals surface area contributed by atoms with Crippen LogP contribution in [0, 0.1) is 0 Å². The van der Waals surface area contributed by atoms with Crippen LogP contribution in [0.1, 0.15) is 25.5 Å². The van der Waals surface area contributed by atoms with Crippen LogP contribution in [0.15, 0.2) is 53.4 Å². The Morgan fingerprint density at radius 2 is 1.79 bits per heavy atom. The largest absolute Gasteiger partial charge is 0.495 e. The summed E-state index contributed by atoms with van der Waals surface area (Å²) < 4.78 is 33.2. The van der Waals surface area contributed by atoms with E-state index < -0.39 is 16.1 Å². The summed E-state index contributed by atoms with van der Waals surface area (Å²) in [6.07, 6.45) is 0. The zero-order valence-corrected chi connectivity index (χ0v) is 14.6. The highest BCUT2D eigenvalue weighted by Gasteiger charge is 2.23. The number of nitrogens with one attached hydrogen (secondary N) is 2. The Morgan fingerprint density at radius 1 is 1.12 bits per heavy atom. The summed E-state index contributed by atoms with van der Waals surface area (Å²) in [5, 5.41) is 2.57. The van der Waals surface area contributed by atoms with Gasteiger partial charge in [-0.3, -0.25) is 4.79 Å². The molecule has 0 saturated heterocycles. The van der Waals surface area contributed by atoms with E-state index in [1.165, 1.54) is 26.2 Å². The van der Waals surface area contributed by atoms with Gasteiger partial charge in [-0.2, -0.15) is 0 Å². The van der Waals surface area contributed by atoms with Crippen molar-refractivity contribution in [2.24, 2.45) is 0 Å². The zero-order valence-electron chi connectivity index (χ0n) is 13.7. The number of methoxy groups -OCH3 is 1. The summed E-state index contributed by atoms with van der Waals surface area (Å²) in [7, 11) is -2.44. The van der Waals surface area contributed by atoms with E-state index in [1.807, 2.05) is 30.3 Å². The number of amides is 1. The third-order valence-corrected chi connectivity index (χ3v) is 4.97. The highest BCUT2D eigenvalue weighted by Crippen LogP contribution is 2.28. The Morgan fingerprint density at radius 3 is 2.38 bits per heavy atom. The molecule has 0 bridgehead atoms. The van der Waals surface area contributed by atoms with Gasteiger partial charge in [0.2, 0.25) is 15.9 Å². The Balaban J connectivity index is 2.35. The third-order valence-electron chi connectivity index (χ3n) is 3.41. The molecule has 128 valence electrons. The van der Waals surface area contributed by atoms with Gasteiger partial charge in [0.15, 0.2) is 0 Å². The maximum absolute atomic E-state index is 12.7. The van der Waals surface area contributed by atoms with Gasteiger partial charge in [-0.05, 0) is 30.7 Å². The van der Waals surface area contributed by atoms with Gasteiger partial charge in [0, 0.05) is 18.7 Å². The summed E-state index contributed by atoms with van der Waals surface area (Å²) in [4.78, 5) is 11.2. The molecular formula is C17H20N2O4S. The molecule has 0 aromatic heterocycles. The Labute approximate surface area is 141 Å². The fourth-order valence-electron chi connectivity index (χ4n) is 2.27. The molecule has 0 aliphatic heterocycles. The number of sulfonamides is 1. The first-order chi connectivity index (χ1) is 11.3. The van der Waals surface area contributed by atoms with Gasteiger partial charge in [-0.25, -0.2) is 13.1 Å². The predicted octanol–water partition coefficient (Wildman–Crippen LogP) is 2.69. The number of carbonyl (C=O) groups is 1. The van der Waals surface area contributed by atoms with Gasteiger partial charge in [-0.1, -0.05) is 30.3 Å². The van der Waals surface area contributed by atoms with E-state index in [2.05, 4.69) is 10.0 Å². The van der Waals surface area contributed by atoms with Gasteiger partial charge in [0.1, 0.15) is 10.6 Å². The number of carbonyl (C=O) groups excluding carboxylic acids is 1. The Kier molecular flexibility index (Phi) is 5.58. The topological polar surface area (TPSA) is 84.5 Å². The summed E-state index contributed by atoms with van der Waals surface area (Å²) in [5.74, 6) is -0.0778. The molecule has 0 saturated carbocycles. The van der Waals surface area contributed by atoms with Crippen LogP contribution in [0.25, 0.3) is 0 Å². The first kappa shape index (κ1) is 18.0. The molecule has 0 aliphatic rings. The molecule has 6 nitrogen and oxygen atoms in total. The van der Waals surface area contributed by atoms with Crippen molar-refractivity contribution in [2.45, 2.75) is 24.8 Å². The van der Waals surface area contributed by atoms with Crippen LogP contribution in [0.2, 0.25) is 0 Å². The van der Waals surface area contributed by atoms with Crippen LogP contribution in [-0.2, 0) is 14.8 Å². The number of benzene rings is 2. The molecular weight excluding hydrogens is 328 g/mol. The van der Waals surface area contributed by atoms with E-state index in [-0.39, 0.29) is 16.6 Å². The minimum absolute atomic E-state index is 0.0287. The molecule has 0 heterocycles. The highest BCUT2D eigenvalue weighted by atomic mass is 32.2. The SMILES string of the molecule is COc1ccc(NC(C)=O)cc1S(=O)(=O)N[C@@H](C)c1ccccc1. The van der Waals surface area contributed by atoms with Crippen molar-refractivity contribution in [3.63, 3.8) is 0 Å². The van der Waals surface area contributed by atoms with Crippen molar-refractivity contribution in [3.05, 3.63) is 54.1 Å². The normalized spacial score (nSPS) is 12.5. The van der Waals surface area contributed by atoms with Crippen molar-refractivity contribution in [3.8, 4) is 5.75 Å². The van der Waals surface area contributed by atoms with Crippen LogP contribution in [-0.4, -0.2) is 21.4 Å². The monoisotopic (exact) mass is 348 g/mol. The summed E-state index contributed by atoms with van der Waals surface area (Å²) in [6.45, 7) is 3.12. The van der Waals surface area contributed by atoms with Gasteiger partial charge >= 0.3 is 0 Å². The predicted molar refractivity (Wildman–Crippen MR) is 92.5 cm³/mol. The third kappa shape index (κ3) is 4.33. The maximum atomic E-state index is 12.7. The molecule has 0 radical (unpaired) electrons. The van der Waals surface area contributed by atoms with Gasteiger partial charge < -0.3 is 10.1 Å². The minimum Gasteiger partial charge on any atom is -0.495 e. The molecule has 0 fully saturated rings. The second kappa shape index (κ2) is 7.46. The number of rotatable bonds is 6. The van der Waals surface area contributed by atoms with Crippen LogP contribution >= 0.6 is 0 Å². The summed E-state index contributed by atoms with van der Waals surface area (Å²) in [6, 6.07) is 13.3. The van der Waals surface area contributed by atoms with E-state index in [0.717, 1.165) is 5.56 Å². The lowest BCUT2D eigenvalue weighted by atomic mass is 10.1. The number of hydrogen-bond donors (Lipinski definition) is 2. The van der Waals surface area contributed by atoms with Crippen LogP contribution in [0.5, 0.6) is 5.75 Å². The summed E-state index contributed by atoms with van der Waals surface area (Å²) >= 11 is 0. The quantitative estimate of drug-likeness (QED) is 0.840. The number of anilines is 1. The fraction of sp³-hybridized carbons (Fsp3) is 0.235. The molecule has 0 spiro atoms. The van der Waals surface area contributed by atoms with Crippen molar-refractivity contribution < 1.29 is 17.9 Å². The maximum Gasteiger partial charge on any atom is 0.244 e. The molecule has 2 rings (SSSR count). The van der Waals surface area contributed by atoms with Crippen molar-refractivity contribution in [2.75, 3.05) is 12.4 Å². The Bertz CT molecular complexity index is 820. The first-order valence-corrected chi connectivity index (χ1v) is 8.84. The molecule has 2 aromatic rings. The molecule has 2 N–H and O–H groups in total. The lowest BCUT2D eigenvalue weighted by Crippen LogP contribution is -2.27. The molecule has 0 unspecified atom stereocenters. The van der Waals surface area contributed by atoms with Crippen molar-refractivity contribution in [1.29, 1.82) is 0 Å². The molecule has 24 heavy (non-hydrogen) atoms. The van der Waals surface area contributed by atoms with Crippen LogP contribution < -0.4 is 14.8 Å². The van der Waals surface area contributed by atoms with E-state index in [0.29, 0.717) is 5.69 Å². The van der Waals surface area contributed by atoms with Crippen LogP contribution in [0.3, 0.4) is 0 Å². The molecule has 1 amide bonds. The van der Waals surface area contributed by atoms with E-state index >= 15 is 0 Å². The second-order valence-electron chi connectivity index (χ2n) is 5.30. The van der Waals surface area contributed by atoms with Crippen LogP contribution in [0.4, 0.5) is 5.69 Å². The molecule has 2 aromatic carbocycles. The van der Waals surface area contributed by atoms with E-state index in [4.69, 9.17) is 4.74 Å². The van der Waals surface area contributed by atoms with E-state index in [1.54, 1.807) is 13.0 Å². The average Bonchev–Trinajstić information content (AvgIpc) is 2.54.